The SMILES string of the molecule is Nc1ccc(NC(=O)COCCC2CCC2)c(Cl)c1. The average Bonchev–Trinajstić information content (AvgIpc) is 2.30. The van der Waals surface area contributed by atoms with Crippen molar-refractivity contribution in [1.82, 2.24) is 0 Å². The smallest absolute Gasteiger partial charge is 0.250 e. The number of amides is 1. The third kappa shape index (κ3) is 4.40. The first-order chi connectivity index (χ1) is 9.15. The van der Waals surface area contributed by atoms with Crippen molar-refractivity contribution in [1.29, 1.82) is 0 Å². The van der Waals surface area contributed by atoms with Gasteiger partial charge in [-0.2, -0.15) is 0 Å². The van der Waals surface area contributed by atoms with Crippen LogP contribution in [0.4, 0.5) is 11.4 Å². The van der Waals surface area contributed by atoms with Crippen molar-refractivity contribution in [3.63, 3.8) is 0 Å². The molecule has 0 saturated heterocycles. The number of hydrogen-bond donors (Lipinski definition) is 2. The predicted octanol–water partition coefficient (Wildman–Crippen LogP) is 3.07. The second-order valence-electron chi connectivity index (χ2n) is 4.93. The summed E-state index contributed by atoms with van der Waals surface area (Å²) in [5.41, 5.74) is 6.71. The molecule has 1 aliphatic rings. The van der Waals surface area contributed by atoms with Crippen LogP contribution in [0.15, 0.2) is 18.2 Å². The summed E-state index contributed by atoms with van der Waals surface area (Å²) in [6, 6.07) is 4.98. The summed E-state index contributed by atoms with van der Waals surface area (Å²) in [7, 11) is 0. The number of halogens is 1. The van der Waals surface area contributed by atoms with E-state index in [2.05, 4.69) is 5.32 Å². The van der Waals surface area contributed by atoms with Gasteiger partial charge in [0.2, 0.25) is 5.91 Å². The van der Waals surface area contributed by atoms with Crippen molar-refractivity contribution in [2.75, 3.05) is 24.3 Å². The lowest BCUT2D eigenvalue weighted by molar-refractivity contribution is -0.120. The molecule has 5 heteroatoms. The van der Waals surface area contributed by atoms with Gasteiger partial charge in [-0.15, -0.1) is 0 Å². The molecule has 104 valence electrons. The standard InChI is InChI=1S/C14H19ClN2O2/c15-12-8-11(16)4-5-13(12)17-14(18)9-19-7-6-10-2-1-3-10/h4-5,8,10H,1-3,6-7,9,16H2,(H,17,18). The Morgan fingerprint density at radius 2 is 2.26 bits per heavy atom. The van der Waals surface area contributed by atoms with Gasteiger partial charge in [-0.05, 0) is 30.5 Å². The molecule has 0 aromatic heterocycles. The van der Waals surface area contributed by atoms with Crippen molar-refractivity contribution in [3.8, 4) is 0 Å². The minimum absolute atomic E-state index is 0.0629. The number of hydrogen-bond acceptors (Lipinski definition) is 3. The Bertz CT molecular complexity index is 447. The molecule has 0 radical (unpaired) electrons. The Labute approximate surface area is 118 Å². The average molecular weight is 283 g/mol. The van der Waals surface area contributed by atoms with Crippen LogP contribution in [-0.2, 0) is 9.53 Å². The summed E-state index contributed by atoms with van der Waals surface area (Å²) in [5, 5.41) is 3.14. The number of carbonyl (C=O) groups is 1. The van der Waals surface area contributed by atoms with Gasteiger partial charge in [0.05, 0.1) is 10.7 Å². The fourth-order valence-electron chi connectivity index (χ4n) is 2.02. The minimum Gasteiger partial charge on any atom is -0.399 e. The molecule has 4 nitrogen and oxygen atoms in total. The molecule has 0 aliphatic heterocycles. The lowest BCUT2D eigenvalue weighted by atomic mass is 9.83. The van der Waals surface area contributed by atoms with Crippen LogP contribution in [0.2, 0.25) is 5.02 Å². The molecule has 19 heavy (non-hydrogen) atoms. The number of benzene rings is 1. The van der Waals surface area contributed by atoms with Gasteiger partial charge in [0.15, 0.2) is 0 Å². The van der Waals surface area contributed by atoms with Gasteiger partial charge >= 0.3 is 0 Å². The highest BCUT2D eigenvalue weighted by Crippen LogP contribution is 2.29. The zero-order valence-electron chi connectivity index (χ0n) is 10.8. The molecule has 0 heterocycles. The molecular weight excluding hydrogens is 264 g/mol. The number of rotatable bonds is 6. The second kappa shape index (κ2) is 6.78. The van der Waals surface area contributed by atoms with Gasteiger partial charge in [0.25, 0.3) is 0 Å². The van der Waals surface area contributed by atoms with E-state index < -0.39 is 0 Å². The summed E-state index contributed by atoms with van der Waals surface area (Å²) >= 11 is 5.97. The Morgan fingerprint density at radius 3 is 2.89 bits per heavy atom. The van der Waals surface area contributed by atoms with Gasteiger partial charge in [-0.1, -0.05) is 30.9 Å². The third-order valence-electron chi connectivity index (χ3n) is 3.40. The summed E-state index contributed by atoms with van der Waals surface area (Å²) in [6.45, 7) is 0.709. The summed E-state index contributed by atoms with van der Waals surface area (Å²) in [5.74, 6) is 0.606. The second-order valence-corrected chi connectivity index (χ2v) is 5.33. The summed E-state index contributed by atoms with van der Waals surface area (Å²) in [6.07, 6.45) is 4.99. The number of anilines is 2. The van der Waals surface area contributed by atoms with Gasteiger partial charge in [-0.25, -0.2) is 0 Å². The lowest BCUT2D eigenvalue weighted by Crippen LogP contribution is -2.20. The maximum Gasteiger partial charge on any atom is 0.250 e. The predicted molar refractivity (Wildman–Crippen MR) is 77.3 cm³/mol. The van der Waals surface area contributed by atoms with Crippen LogP contribution < -0.4 is 11.1 Å². The first-order valence-corrected chi connectivity index (χ1v) is 6.95. The van der Waals surface area contributed by atoms with Crippen molar-refractivity contribution >= 4 is 28.9 Å². The molecule has 1 saturated carbocycles. The molecule has 1 fully saturated rings. The third-order valence-corrected chi connectivity index (χ3v) is 3.71. The van der Waals surface area contributed by atoms with E-state index >= 15 is 0 Å². The maximum absolute atomic E-state index is 11.7. The Hall–Kier alpha value is -1.26. The number of carbonyl (C=O) groups excluding carboxylic acids is 1. The van der Waals surface area contributed by atoms with Crippen molar-refractivity contribution in [2.45, 2.75) is 25.7 Å². The van der Waals surface area contributed by atoms with Crippen LogP contribution >= 0.6 is 11.6 Å². The lowest BCUT2D eigenvalue weighted by Gasteiger charge is -2.24. The first kappa shape index (κ1) is 14.2. The molecule has 1 aromatic carbocycles. The molecule has 1 aliphatic carbocycles. The fraction of sp³-hybridized carbons (Fsp3) is 0.500. The topological polar surface area (TPSA) is 64.3 Å². The zero-order valence-corrected chi connectivity index (χ0v) is 11.6. The van der Waals surface area contributed by atoms with Gasteiger partial charge in [-0.3, -0.25) is 4.79 Å². The van der Waals surface area contributed by atoms with E-state index in [0.717, 1.165) is 12.3 Å². The molecule has 0 bridgehead atoms. The number of nitrogen functional groups attached to an aromatic ring is 1. The Balaban J connectivity index is 1.68. The van der Waals surface area contributed by atoms with Crippen LogP contribution in [0.5, 0.6) is 0 Å². The van der Waals surface area contributed by atoms with Crippen LogP contribution in [0.1, 0.15) is 25.7 Å². The van der Waals surface area contributed by atoms with E-state index in [4.69, 9.17) is 22.1 Å². The molecule has 0 spiro atoms. The first-order valence-electron chi connectivity index (χ1n) is 6.58. The highest BCUT2D eigenvalue weighted by Gasteiger charge is 2.16. The molecule has 1 aromatic rings. The number of nitrogens with two attached hydrogens (primary N) is 1. The maximum atomic E-state index is 11.7. The van der Waals surface area contributed by atoms with Gasteiger partial charge < -0.3 is 15.8 Å². The quantitative estimate of drug-likeness (QED) is 0.622. The Kier molecular flexibility index (Phi) is 5.05. The molecule has 0 unspecified atom stereocenters. The summed E-state index contributed by atoms with van der Waals surface area (Å²) < 4.78 is 5.36. The van der Waals surface area contributed by atoms with E-state index in [-0.39, 0.29) is 12.5 Å². The minimum atomic E-state index is -0.194. The van der Waals surface area contributed by atoms with E-state index in [1.807, 2.05) is 0 Å². The molecular formula is C14H19ClN2O2. The molecule has 2 rings (SSSR count). The van der Waals surface area contributed by atoms with Crippen LogP contribution in [0.25, 0.3) is 0 Å². The molecule has 0 atom stereocenters. The van der Waals surface area contributed by atoms with Crippen molar-refractivity contribution < 1.29 is 9.53 Å². The van der Waals surface area contributed by atoms with Gasteiger partial charge in [0.1, 0.15) is 6.61 Å². The Morgan fingerprint density at radius 1 is 1.47 bits per heavy atom. The van der Waals surface area contributed by atoms with E-state index in [0.29, 0.717) is 23.0 Å². The van der Waals surface area contributed by atoms with Crippen LogP contribution in [0.3, 0.4) is 0 Å². The molecule has 1 amide bonds. The monoisotopic (exact) mass is 282 g/mol. The zero-order chi connectivity index (χ0) is 13.7. The highest BCUT2D eigenvalue weighted by molar-refractivity contribution is 6.34. The van der Waals surface area contributed by atoms with Crippen molar-refractivity contribution in [2.24, 2.45) is 5.92 Å². The van der Waals surface area contributed by atoms with E-state index in [9.17, 15) is 4.79 Å². The van der Waals surface area contributed by atoms with Crippen LogP contribution in [-0.4, -0.2) is 19.1 Å². The fourth-order valence-corrected chi connectivity index (χ4v) is 2.25. The number of ether oxygens (including phenoxy) is 1. The van der Waals surface area contributed by atoms with Crippen molar-refractivity contribution in [3.05, 3.63) is 23.2 Å². The van der Waals surface area contributed by atoms with Crippen LogP contribution in [0, 0.1) is 5.92 Å². The van der Waals surface area contributed by atoms with E-state index in [1.54, 1.807) is 18.2 Å². The summed E-state index contributed by atoms with van der Waals surface area (Å²) in [4.78, 5) is 11.7. The normalized spacial score (nSPS) is 15.0. The van der Waals surface area contributed by atoms with E-state index in [1.165, 1.54) is 19.3 Å². The highest BCUT2D eigenvalue weighted by atomic mass is 35.5. The van der Waals surface area contributed by atoms with Gasteiger partial charge in [0, 0.05) is 12.3 Å². The number of nitrogens with one attached hydrogen (secondary N) is 1. The largest absolute Gasteiger partial charge is 0.399 e. The molecule has 3 N–H and O–H groups in total.